The van der Waals surface area contributed by atoms with E-state index in [1.807, 2.05) is 49.4 Å². The van der Waals surface area contributed by atoms with Gasteiger partial charge in [0.25, 0.3) is 0 Å². The zero-order chi connectivity index (χ0) is 18.4. The van der Waals surface area contributed by atoms with Crippen LogP contribution in [0.15, 0.2) is 48.5 Å². The van der Waals surface area contributed by atoms with Crippen molar-refractivity contribution in [3.63, 3.8) is 0 Å². The van der Waals surface area contributed by atoms with Crippen molar-refractivity contribution < 1.29 is 9.53 Å². The lowest BCUT2D eigenvalue weighted by Crippen LogP contribution is -2.22. The van der Waals surface area contributed by atoms with E-state index in [0.717, 1.165) is 46.6 Å². The van der Waals surface area contributed by atoms with E-state index in [4.69, 9.17) is 4.74 Å². The van der Waals surface area contributed by atoms with Crippen LogP contribution in [-0.2, 0) is 11.2 Å². The number of nitrogens with one attached hydrogen (secondary N) is 2. The van der Waals surface area contributed by atoms with E-state index >= 15 is 0 Å². The fourth-order valence-electron chi connectivity index (χ4n) is 2.80. The van der Waals surface area contributed by atoms with Crippen LogP contribution in [0.1, 0.15) is 23.4 Å². The van der Waals surface area contributed by atoms with Gasteiger partial charge in [0.1, 0.15) is 11.6 Å². The van der Waals surface area contributed by atoms with Crippen molar-refractivity contribution in [3.8, 4) is 5.75 Å². The molecule has 0 spiro atoms. The monoisotopic (exact) mass is 349 g/mol. The first-order valence-corrected chi connectivity index (χ1v) is 8.70. The van der Waals surface area contributed by atoms with Gasteiger partial charge in [-0.3, -0.25) is 4.79 Å². The van der Waals surface area contributed by atoms with E-state index < -0.39 is 0 Å². The molecule has 1 amide bonds. The number of carbonyl (C=O) groups excluding carboxylic acids is 1. The van der Waals surface area contributed by atoms with Crippen molar-refractivity contribution >= 4 is 23.0 Å². The number of ether oxygens (including phenoxy) is 1. The predicted octanol–water partition coefficient (Wildman–Crippen LogP) is 3.64. The third-order valence-electron chi connectivity index (χ3n) is 4.13. The molecule has 1 aromatic heterocycles. The fourth-order valence-corrected chi connectivity index (χ4v) is 2.80. The number of methoxy groups -OCH3 is 1. The summed E-state index contributed by atoms with van der Waals surface area (Å²) in [5.41, 5.74) is 4.03. The van der Waals surface area contributed by atoms with Gasteiger partial charge in [0.05, 0.1) is 18.1 Å². The van der Waals surface area contributed by atoms with E-state index in [9.17, 15) is 4.79 Å². The van der Waals surface area contributed by atoms with Crippen LogP contribution in [0, 0.1) is 6.92 Å². The second-order valence-electron chi connectivity index (χ2n) is 6.17. The summed E-state index contributed by atoms with van der Waals surface area (Å²) in [6.07, 6.45) is 4.94. The molecule has 0 aliphatic carbocycles. The lowest BCUT2D eigenvalue weighted by Gasteiger charge is -2.05. The number of hydrogen-bond donors (Lipinski definition) is 2. The fraction of sp³-hybridized carbons (Fsp3) is 0.238. The Morgan fingerprint density at radius 1 is 1.27 bits per heavy atom. The minimum atomic E-state index is -0.113. The molecule has 0 fully saturated rings. The number of aryl methyl sites for hydroxylation is 2. The van der Waals surface area contributed by atoms with Crippen molar-refractivity contribution in [2.75, 3.05) is 13.7 Å². The largest absolute Gasteiger partial charge is 0.496 e. The molecule has 0 saturated carbocycles. The molecular weight excluding hydrogens is 326 g/mol. The summed E-state index contributed by atoms with van der Waals surface area (Å²) in [5.74, 6) is 1.59. The maximum atomic E-state index is 12.0. The molecular formula is C21H23N3O2. The lowest BCUT2D eigenvalue weighted by molar-refractivity contribution is -0.116. The number of amides is 1. The van der Waals surface area contributed by atoms with Gasteiger partial charge < -0.3 is 15.0 Å². The molecule has 0 aliphatic heterocycles. The first-order chi connectivity index (χ1) is 12.7. The molecule has 3 rings (SSSR count). The number of fused-ring (bicyclic) bond motifs is 1. The SMILES string of the molecule is COc1ccc(C)cc1/C=C/C(=O)NCCCc1nc2ccccc2[nH]1. The van der Waals surface area contributed by atoms with Gasteiger partial charge in [0.2, 0.25) is 5.91 Å². The van der Waals surface area contributed by atoms with Crippen LogP contribution in [0.2, 0.25) is 0 Å². The minimum absolute atomic E-state index is 0.113. The number of hydrogen-bond acceptors (Lipinski definition) is 3. The third kappa shape index (κ3) is 4.51. The summed E-state index contributed by atoms with van der Waals surface area (Å²) in [7, 11) is 1.63. The Balaban J connectivity index is 1.47. The number of aromatic amines is 1. The molecule has 0 aliphatic rings. The Kier molecular flexibility index (Phi) is 5.69. The molecule has 2 N–H and O–H groups in total. The average molecular weight is 349 g/mol. The van der Waals surface area contributed by atoms with Gasteiger partial charge in [-0.25, -0.2) is 4.98 Å². The number of H-pyrrole nitrogens is 1. The lowest BCUT2D eigenvalue weighted by atomic mass is 10.1. The number of rotatable bonds is 7. The Labute approximate surface area is 153 Å². The van der Waals surface area contributed by atoms with Crippen LogP contribution in [0.3, 0.4) is 0 Å². The van der Waals surface area contributed by atoms with Crippen molar-refractivity contribution in [2.24, 2.45) is 0 Å². The van der Waals surface area contributed by atoms with Gasteiger partial charge in [-0.15, -0.1) is 0 Å². The number of carbonyl (C=O) groups is 1. The highest BCUT2D eigenvalue weighted by molar-refractivity contribution is 5.92. The summed E-state index contributed by atoms with van der Waals surface area (Å²) >= 11 is 0. The maximum Gasteiger partial charge on any atom is 0.244 e. The average Bonchev–Trinajstić information content (AvgIpc) is 3.06. The van der Waals surface area contributed by atoms with Gasteiger partial charge in [-0.1, -0.05) is 23.8 Å². The number of para-hydroxylation sites is 2. The number of nitrogens with zero attached hydrogens (tertiary/aromatic N) is 1. The first kappa shape index (κ1) is 17.7. The van der Waals surface area contributed by atoms with Crippen molar-refractivity contribution in [2.45, 2.75) is 19.8 Å². The molecule has 3 aromatic rings. The molecule has 0 radical (unpaired) electrons. The number of aromatic nitrogens is 2. The first-order valence-electron chi connectivity index (χ1n) is 8.70. The van der Waals surface area contributed by atoms with Gasteiger partial charge >= 0.3 is 0 Å². The van der Waals surface area contributed by atoms with E-state index in [1.54, 1.807) is 19.3 Å². The molecule has 0 unspecified atom stereocenters. The highest BCUT2D eigenvalue weighted by Crippen LogP contribution is 2.20. The van der Waals surface area contributed by atoms with Gasteiger partial charge in [-0.05, 0) is 43.7 Å². The highest BCUT2D eigenvalue weighted by Gasteiger charge is 2.03. The molecule has 0 saturated heterocycles. The van der Waals surface area contributed by atoms with Crippen LogP contribution in [0.5, 0.6) is 5.75 Å². The Morgan fingerprint density at radius 3 is 2.92 bits per heavy atom. The summed E-state index contributed by atoms with van der Waals surface area (Å²) in [4.78, 5) is 19.8. The van der Waals surface area contributed by atoms with Crippen LogP contribution in [0.4, 0.5) is 0 Å². The molecule has 5 heteroatoms. The molecule has 134 valence electrons. The van der Waals surface area contributed by atoms with Crippen molar-refractivity contribution in [1.29, 1.82) is 0 Å². The second kappa shape index (κ2) is 8.34. The smallest absolute Gasteiger partial charge is 0.244 e. The molecule has 2 aromatic carbocycles. The Hall–Kier alpha value is -3.08. The van der Waals surface area contributed by atoms with Crippen LogP contribution in [0.25, 0.3) is 17.1 Å². The summed E-state index contributed by atoms with van der Waals surface area (Å²) in [5, 5.41) is 2.90. The number of imidazole rings is 1. The van der Waals surface area contributed by atoms with E-state index in [0.29, 0.717) is 6.54 Å². The van der Waals surface area contributed by atoms with Gasteiger partial charge in [0, 0.05) is 24.6 Å². The normalized spacial score (nSPS) is 11.2. The molecule has 0 atom stereocenters. The standard InChI is InChI=1S/C21H23N3O2/c1-15-9-11-19(26-2)16(14-15)10-12-21(25)22-13-5-8-20-23-17-6-3-4-7-18(17)24-20/h3-4,6-7,9-12,14H,5,8,13H2,1-2H3,(H,22,25)(H,23,24)/b12-10+. The minimum Gasteiger partial charge on any atom is -0.496 e. The molecule has 1 heterocycles. The molecule has 26 heavy (non-hydrogen) atoms. The maximum absolute atomic E-state index is 12.0. The Bertz CT molecular complexity index is 895. The van der Waals surface area contributed by atoms with E-state index in [2.05, 4.69) is 15.3 Å². The highest BCUT2D eigenvalue weighted by atomic mass is 16.5. The van der Waals surface area contributed by atoms with Crippen LogP contribution >= 0.6 is 0 Å². The van der Waals surface area contributed by atoms with E-state index in [-0.39, 0.29) is 5.91 Å². The van der Waals surface area contributed by atoms with Crippen LogP contribution in [-0.4, -0.2) is 29.5 Å². The summed E-state index contributed by atoms with van der Waals surface area (Å²) in [6, 6.07) is 13.8. The zero-order valence-electron chi connectivity index (χ0n) is 15.1. The molecule has 5 nitrogen and oxygen atoms in total. The molecule has 0 bridgehead atoms. The topological polar surface area (TPSA) is 67.0 Å². The summed E-state index contributed by atoms with van der Waals surface area (Å²) in [6.45, 7) is 2.61. The third-order valence-corrected chi connectivity index (χ3v) is 4.13. The Morgan fingerprint density at radius 2 is 2.12 bits per heavy atom. The number of benzene rings is 2. The van der Waals surface area contributed by atoms with Gasteiger partial charge in [-0.2, -0.15) is 0 Å². The quantitative estimate of drug-likeness (QED) is 0.505. The predicted molar refractivity (Wildman–Crippen MR) is 104 cm³/mol. The van der Waals surface area contributed by atoms with Crippen molar-refractivity contribution in [3.05, 3.63) is 65.5 Å². The zero-order valence-corrected chi connectivity index (χ0v) is 15.1. The van der Waals surface area contributed by atoms with Crippen molar-refractivity contribution in [1.82, 2.24) is 15.3 Å². The van der Waals surface area contributed by atoms with E-state index in [1.165, 1.54) is 0 Å². The summed E-state index contributed by atoms with van der Waals surface area (Å²) < 4.78 is 5.31. The van der Waals surface area contributed by atoms with Crippen LogP contribution < -0.4 is 10.1 Å². The van der Waals surface area contributed by atoms with Gasteiger partial charge in [0.15, 0.2) is 0 Å². The second-order valence-corrected chi connectivity index (χ2v) is 6.17.